The maximum atomic E-state index is 12.9. The molecule has 0 aliphatic carbocycles. The zero-order valence-electron chi connectivity index (χ0n) is 17.5. The predicted octanol–water partition coefficient (Wildman–Crippen LogP) is 3.14. The minimum atomic E-state index is -0.389. The molecule has 5 rings (SSSR count). The largest absolute Gasteiger partial charge is 0.350 e. The molecule has 0 atom stereocenters. The SMILES string of the molecule is C=[N+](OC)c1ccc2c(C3=C(c4cn(C)c5ccccc45)C(=O)NC3=O)cn(C)c2c1. The van der Waals surface area contributed by atoms with Crippen LogP contribution in [0.25, 0.3) is 33.0 Å². The van der Waals surface area contributed by atoms with E-state index >= 15 is 0 Å². The van der Waals surface area contributed by atoms with Crippen LogP contribution in [-0.2, 0) is 28.5 Å². The third-order valence-electron chi connectivity index (χ3n) is 5.85. The molecular weight excluding hydrogens is 392 g/mol. The number of carbonyl (C=O) groups excluding carboxylic acids is 2. The second-order valence-electron chi connectivity index (χ2n) is 7.62. The minimum absolute atomic E-state index is 0.381. The van der Waals surface area contributed by atoms with E-state index in [9.17, 15) is 9.59 Å². The predicted molar refractivity (Wildman–Crippen MR) is 120 cm³/mol. The summed E-state index contributed by atoms with van der Waals surface area (Å²) in [7, 11) is 5.38. The lowest BCUT2D eigenvalue weighted by Crippen LogP contribution is -2.22. The first-order valence-corrected chi connectivity index (χ1v) is 9.79. The van der Waals surface area contributed by atoms with Crippen molar-refractivity contribution in [2.24, 2.45) is 14.1 Å². The van der Waals surface area contributed by atoms with Crippen molar-refractivity contribution in [2.75, 3.05) is 7.11 Å². The summed E-state index contributed by atoms with van der Waals surface area (Å²) in [6.45, 7) is 3.83. The Morgan fingerprint density at radius 2 is 1.45 bits per heavy atom. The van der Waals surface area contributed by atoms with Gasteiger partial charge in [0.1, 0.15) is 7.11 Å². The lowest BCUT2D eigenvalue weighted by Gasteiger charge is -2.03. The van der Waals surface area contributed by atoms with Crippen molar-refractivity contribution in [3.8, 4) is 0 Å². The Morgan fingerprint density at radius 3 is 2.10 bits per heavy atom. The molecule has 0 radical (unpaired) electrons. The lowest BCUT2D eigenvalue weighted by molar-refractivity contribution is -0.714. The summed E-state index contributed by atoms with van der Waals surface area (Å²) < 4.78 is 5.31. The molecule has 0 saturated carbocycles. The Bertz CT molecular complexity index is 1470. The molecule has 1 N–H and O–H groups in total. The monoisotopic (exact) mass is 413 g/mol. The number of hydrogen-bond acceptors (Lipinski definition) is 3. The van der Waals surface area contributed by atoms with Gasteiger partial charge >= 0.3 is 0 Å². The van der Waals surface area contributed by atoms with Gasteiger partial charge in [-0.2, -0.15) is 0 Å². The van der Waals surface area contributed by atoms with Crippen LogP contribution in [0.3, 0.4) is 0 Å². The molecule has 2 aromatic carbocycles. The average Bonchev–Trinajstić information content (AvgIpc) is 3.38. The van der Waals surface area contributed by atoms with E-state index in [0.29, 0.717) is 16.7 Å². The molecule has 7 nitrogen and oxygen atoms in total. The fraction of sp³-hybridized carbons (Fsp3) is 0.125. The van der Waals surface area contributed by atoms with Crippen LogP contribution >= 0.6 is 0 Å². The topological polar surface area (TPSA) is 68.3 Å². The van der Waals surface area contributed by atoms with Gasteiger partial charge in [0.25, 0.3) is 17.5 Å². The number of imide groups is 1. The summed E-state index contributed by atoms with van der Waals surface area (Å²) in [6.07, 6.45) is 3.79. The molecule has 0 spiro atoms. The summed E-state index contributed by atoms with van der Waals surface area (Å²) in [5.74, 6) is -0.770. The highest BCUT2D eigenvalue weighted by Crippen LogP contribution is 2.39. The molecule has 1 aliphatic rings. The highest BCUT2D eigenvalue weighted by molar-refractivity contribution is 6.50. The Balaban J connectivity index is 1.80. The van der Waals surface area contributed by atoms with Gasteiger partial charge in [0.2, 0.25) is 0 Å². The van der Waals surface area contributed by atoms with Crippen molar-refractivity contribution in [3.63, 3.8) is 0 Å². The molecule has 4 aromatic rings. The third kappa shape index (κ3) is 2.70. The molecule has 2 aromatic heterocycles. The lowest BCUT2D eigenvalue weighted by atomic mass is 9.95. The van der Waals surface area contributed by atoms with Gasteiger partial charge in [-0.25, -0.2) is 0 Å². The fourth-order valence-corrected chi connectivity index (χ4v) is 4.34. The first kappa shape index (κ1) is 18.9. The van der Waals surface area contributed by atoms with Gasteiger partial charge in [0.05, 0.1) is 16.7 Å². The van der Waals surface area contributed by atoms with Crippen LogP contribution in [0.1, 0.15) is 11.1 Å². The normalized spacial score (nSPS) is 14.0. The number of hydrogen-bond donors (Lipinski definition) is 1. The number of fused-ring (bicyclic) bond motifs is 2. The highest BCUT2D eigenvalue weighted by Gasteiger charge is 2.35. The molecule has 154 valence electrons. The third-order valence-corrected chi connectivity index (χ3v) is 5.85. The molecule has 3 heterocycles. The molecule has 2 amide bonds. The minimum Gasteiger partial charge on any atom is -0.350 e. The highest BCUT2D eigenvalue weighted by atomic mass is 16.6. The summed E-state index contributed by atoms with van der Waals surface area (Å²) in [4.78, 5) is 31.0. The second kappa shape index (κ2) is 6.70. The van der Waals surface area contributed by atoms with Crippen LogP contribution in [0.15, 0.2) is 54.9 Å². The van der Waals surface area contributed by atoms with Gasteiger partial charge in [0.15, 0.2) is 6.72 Å². The van der Waals surface area contributed by atoms with Gasteiger partial charge in [-0.1, -0.05) is 18.2 Å². The van der Waals surface area contributed by atoms with Crippen LogP contribution in [0, 0.1) is 0 Å². The van der Waals surface area contributed by atoms with E-state index in [0.717, 1.165) is 33.1 Å². The number of para-hydroxylation sites is 1. The van der Waals surface area contributed by atoms with E-state index in [2.05, 4.69) is 12.0 Å². The molecule has 0 bridgehead atoms. The molecular formula is C24H21N4O3+. The Morgan fingerprint density at radius 1 is 0.871 bits per heavy atom. The number of carbonyl (C=O) groups is 2. The van der Waals surface area contributed by atoms with Gasteiger partial charge in [-0.05, 0) is 12.1 Å². The van der Waals surface area contributed by atoms with Crippen LogP contribution in [0.2, 0.25) is 0 Å². The van der Waals surface area contributed by atoms with E-state index in [1.807, 2.05) is 78.1 Å². The van der Waals surface area contributed by atoms with Gasteiger partial charge in [-0.15, -0.1) is 0 Å². The standard InChI is InChI=1S/C24H20N4O3/c1-26-12-17(15-7-5-6-8-19(15)26)21-22(24(30)25-23(21)29)18-13-27(2)20-11-14(28(3)31-4)9-10-16(18)20/h5-13H,3H2,1-2,4H3/p+1. The number of nitrogens with one attached hydrogen (secondary N) is 1. The molecule has 7 heteroatoms. The van der Waals surface area contributed by atoms with Gasteiger partial charge < -0.3 is 9.13 Å². The maximum Gasteiger partial charge on any atom is 0.259 e. The van der Waals surface area contributed by atoms with Crippen molar-refractivity contribution in [1.82, 2.24) is 14.5 Å². The molecule has 0 fully saturated rings. The summed E-state index contributed by atoms with van der Waals surface area (Å²) in [5.41, 5.74) is 4.91. The number of benzene rings is 2. The van der Waals surface area contributed by atoms with E-state index < -0.39 is 0 Å². The van der Waals surface area contributed by atoms with Crippen LogP contribution in [-0.4, -0.2) is 39.5 Å². The summed E-state index contributed by atoms with van der Waals surface area (Å²) >= 11 is 0. The van der Waals surface area contributed by atoms with Crippen molar-refractivity contribution < 1.29 is 19.2 Å². The zero-order valence-corrected chi connectivity index (χ0v) is 17.5. The van der Waals surface area contributed by atoms with Crippen LogP contribution in [0.5, 0.6) is 0 Å². The summed E-state index contributed by atoms with van der Waals surface area (Å²) in [5, 5.41) is 4.29. The maximum absolute atomic E-state index is 12.9. The number of aryl methyl sites for hydroxylation is 2. The van der Waals surface area contributed by atoms with Crippen molar-refractivity contribution in [3.05, 3.63) is 66.0 Å². The molecule has 1 aliphatic heterocycles. The first-order chi connectivity index (χ1) is 14.9. The molecule has 31 heavy (non-hydrogen) atoms. The van der Waals surface area contributed by atoms with E-state index in [1.54, 1.807) is 7.11 Å². The second-order valence-corrected chi connectivity index (χ2v) is 7.62. The van der Waals surface area contributed by atoms with Crippen molar-refractivity contribution in [2.45, 2.75) is 0 Å². The van der Waals surface area contributed by atoms with Gasteiger partial charge in [0, 0.05) is 70.8 Å². The number of amides is 2. The Kier molecular flexibility index (Phi) is 4.08. The van der Waals surface area contributed by atoms with Crippen molar-refractivity contribution >= 4 is 57.2 Å². The first-order valence-electron chi connectivity index (χ1n) is 9.79. The van der Waals surface area contributed by atoms with E-state index in [-0.39, 0.29) is 11.8 Å². The quantitative estimate of drug-likeness (QED) is 0.242. The Labute approximate surface area is 178 Å². The zero-order chi connectivity index (χ0) is 21.9. The average molecular weight is 413 g/mol. The van der Waals surface area contributed by atoms with Crippen LogP contribution < -0.4 is 5.32 Å². The van der Waals surface area contributed by atoms with Gasteiger partial charge in [-0.3, -0.25) is 19.7 Å². The number of rotatable bonds is 4. The Hall–Kier alpha value is -4.13. The number of nitrogens with zero attached hydrogens (tertiary/aromatic N) is 3. The van der Waals surface area contributed by atoms with E-state index in [4.69, 9.17) is 4.84 Å². The number of aromatic nitrogens is 2. The van der Waals surface area contributed by atoms with E-state index in [1.165, 1.54) is 4.74 Å². The van der Waals surface area contributed by atoms with Crippen LogP contribution in [0.4, 0.5) is 5.69 Å². The molecule has 0 unspecified atom stereocenters. The smallest absolute Gasteiger partial charge is 0.259 e. The van der Waals surface area contributed by atoms with Crippen molar-refractivity contribution in [1.29, 1.82) is 0 Å². The summed E-state index contributed by atoms with van der Waals surface area (Å²) in [6, 6.07) is 13.6. The fourth-order valence-electron chi connectivity index (χ4n) is 4.34. The molecule has 0 saturated heterocycles.